The summed E-state index contributed by atoms with van der Waals surface area (Å²) < 4.78 is 10.7. The molecule has 1 rings (SSSR count). The summed E-state index contributed by atoms with van der Waals surface area (Å²) in [5.41, 5.74) is 0. The summed E-state index contributed by atoms with van der Waals surface area (Å²) in [6, 6.07) is 0. The maximum atomic E-state index is 10.9. The van der Waals surface area contributed by atoms with Gasteiger partial charge in [-0.25, -0.2) is 0 Å². The molecule has 1 aliphatic heterocycles. The molecule has 0 saturated heterocycles. The molecule has 0 aromatic heterocycles. The molecule has 0 bridgehead atoms. The van der Waals surface area contributed by atoms with Crippen molar-refractivity contribution in [3.8, 4) is 0 Å². The van der Waals surface area contributed by atoms with Gasteiger partial charge in [0.25, 0.3) is 0 Å². The third kappa shape index (κ3) is 0.906. The topological polar surface area (TPSA) is 23.1 Å². The average Bonchev–Trinajstić information content (AvgIpc) is 1.86. The first-order valence-corrected chi connectivity index (χ1v) is 3.93. The molecule has 1 unspecified atom stereocenters. The van der Waals surface area contributed by atoms with E-state index in [4.69, 9.17) is 0 Å². The number of rotatable bonds is 0. The Hall–Kier alpha value is 0.0500. The van der Waals surface area contributed by atoms with E-state index in [1.807, 2.05) is 19.9 Å². The molecule has 0 aromatic rings. The van der Waals surface area contributed by atoms with Crippen LogP contribution < -0.4 is 0 Å². The van der Waals surface area contributed by atoms with Gasteiger partial charge in [0.15, 0.2) is 0 Å². The van der Waals surface area contributed by atoms with Crippen molar-refractivity contribution in [1.82, 2.24) is 0 Å². The molecule has 45 valence electrons. The van der Waals surface area contributed by atoms with Gasteiger partial charge in [0.2, 0.25) is 0 Å². The van der Waals surface area contributed by atoms with Crippen LogP contribution in [0.1, 0.15) is 13.8 Å². The van der Waals surface area contributed by atoms with Crippen molar-refractivity contribution >= 4 is 11.2 Å². The zero-order chi connectivity index (χ0) is 6.20. The van der Waals surface area contributed by atoms with Gasteiger partial charge in [-0.3, -0.25) is 0 Å². The molecule has 1 atom stereocenters. The lowest BCUT2D eigenvalue weighted by Gasteiger charge is -2.18. The Kier molecular flexibility index (Phi) is 1.37. The first kappa shape index (κ1) is 6.17. The second kappa shape index (κ2) is 1.78. The van der Waals surface area contributed by atoms with Gasteiger partial charge < -0.3 is 4.55 Å². The minimum Gasteiger partial charge on any atom is -0.615 e. The van der Waals surface area contributed by atoms with Gasteiger partial charge in [-0.2, -0.15) is 0 Å². The van der Waals surface area contributed by atoms with Crippen LogP contribution >= 0.6 is 0 Å². The molecule has 0 aliphatic carbocycles. The number of hydrogen-bond acceptors (Lipinski definition) is 1. The molecular weight excluding hydrogens is 120 g/mol. The van der Waals surface area contributed by atoms with E-state index in [1.54, 1.807) is 0 Å². The largest absolute Gasteiger partial charge is 0.615 e. The summed E-state index contributed by atoms with van der Waals surface area (Å²) in [6.45, 7) is 3.87. The lowest BCUT2D eigenvalue weighted by molar-refractivity contribution is 0.577. The van der Waals surface area contributed by atoms with Crippen molar-refractivity contribution in [2.24, 2.45) is 0 Å². The van der Waals surface area contributed by atoms with Crippen molar-refractivity contribution in [2.45, 2.75) is 18.6 Å². The fourth-order valence-corrected chi connectivity index (χ4v) is 1.50. The molecule has 0 saturated carbocycles. The van der Waals surface area contributed by atoms with Crippen LogP contribution in [0.4, 0.5) is 0 Å². The predicted octanol–water partition coefficient (Wildman–Crippen LogP) is 0.887. The van der Waals surface area contributed by atoms with Crippen molar-refractivity contribution in [2.75, 3.05) is 5.75 Å². The monoisotopic (exact) mass is 129 g/mol. The second-order valence-corrected chi connectivity index (χ2v) is 4.42. The van der Waals surface area contributed by atoms with Crippen molar-refractivity contribution in [1.29, 1.82) is 0 Å². The lowest BCUT2D eigenvalue weighted by atomic mass is 10.2. The molecule has 0 fully saturated rings. The van der Waals surface area contributed by atoms with Crippen LogP contribution in [0.15, 0.2) is 6.08 Å². The first-order valence-electron chi connectivity index (χ1n) is 2.61. The third-order valence-corrected chi connectivity index (χ3v) is 2.98. The van der Waals surface area contributed by atoms with E-state index >= 15 is 0 Å². The molecule has 1 radical (unpaired) electrons. The summed E-state index contributed by atoms with van der Waals surface area (Å²) in [4.78, 5) is 0. The molecule has 1 aliphatic rings. The van der Waals surface area contributed by atoms with E-state index in [2.05, 4.69) is 6.08 Å². The van der Waals surface area contributed by atoms with E-state index in [9.17, 15) is 4.55 Å². The van der Waals surface area contributed by atoms with Crippen LogP contribution in [0.5, 0.6) is 0 Å². The van der Waals surface area contributed by atoms with Crippen LogP contribution in [0, 0.1) is 6.08 Å². The van der Waals surface area contributed by atoms with Crippen molar-refractivity contribution in [3.63, 3.8) is 0 Å². The minimum absolute atomic E-state index is 0.181. The molecule has 1 nitrogen and oxygen atoms in total. The van der Waals surface area contributed by atoms with Gasteiger partial charge in [0.1, 0.15) is 10.5 Å². The fraction of sp³-hybridized carbons (Fsp3) is 0.667. The molecule has 0 aromatic carbocycles. The van der Waals surface area contributed by atoms with E-state index in [0.717, 1.165) is 0 Å². The summed E-state index contributed by atoms with van der Waals surface area (Å²) in [5, 5.41) is 0. The van der Waals surface area contributed by atoms with Crippen molar-refractivity contribution < 1.29 is 4.55 Å². The second-order valence-electron chi connectivity index (χ2n) is 2.37. The van der Waals surface area contributed by atoms with Crippen molar-refractivity contribution in [3.05, 3.63) is 12.2 Å². The van der Waals surface area contributed by atoms with Gasteiger partial charge in [-0.15, -0.1) is 0 Å². The Morgan fingerprint density at radius 2 is 2.38 bits per heavy atom. The van der Waals surface area contributed by atoms with E-state index in [-0.39, 0.29) is 4.75 Å². The van der Waals surface area contributed by atoms with Gasteiger partial charge in [-0.05, 0) is 31.1 Å². The Bertz CT molecular complexity index is 118. The zero-order valence-corrected chi connectivity index (χ0v) is 5.92. The molecule has 1 heterocycles. The Morgan fingerprint density at radius 3 is 2.50 bits per heavy atom. The molecule has 0 N–H and O–H groups in total. The summed E-state index contributed by atoms with van der Waals surface area (Å²) in [5.74, 6) is 0.688. The van der Waals surface area contributed by atoms with E-state index in [1.165, 1.54) is 0 Å². The molecule has 0 amide bonds. The Morgan fingerprint density at radius 1 is 1.75 bits per heavy atom. The maximum absolute atomic E-state index is 10.9. The molecular formula is C6H9OS. The predicted molar refractivity (Wildman–Crippen MR) is 34.9 cm³/mol. The molecule has 2 heteroatoms. The number of hydrogen-bond donors (Lipinski definition) is 0. The smallest absolute Gasteiger partial charge is 0.145 e. The Balaban J connectivity index is 2.67. The van der Waals surface area contributed by atoms with Crippen LogP contribution in [0.2, 0.25) is 0 Å². The van der Waals surface area contributed by atoms with Crippen LogP contribution in [0.3, 0.4) is 0 Å². The quantitative estimate of drug-likeness (QED) is 0.445. The highest BCUT2D eigenvalue weighted by molar-refractivity contribution is 7.93. The summed E-state index contributed by atoms with van der Waals surface area (Å²) >= 11 is -0.700. The van der Waals surface area contributed by atoms with E-state index < -0.39 is 11.2 Å². The highest BCUT2D eigenvalue weighted by Gasteiger charge is 2.32. The van der Waals surface area contributed by atoms with Gasteiger partial charge >= 0.3 is 0 Å². The normalized spacial score (nSPS) is 33.6. The first-order chi connectivity index (χ1) is 3.63. The van der Waals surface area contributed by atoms with Gasteiger partial charge in [0.05, 0.1) is 0 Å². The highest BCUT2D eigenvalue weighted by Crippen LogP contribution is 2.23. The summed E-state index contributed by atoms with van der Waals surface area (Å²) in [7, 11) is 0. The zero-order valence-electron chi connectivity index (χ0n) is 5.10. The van der Waals surface area contributed by atoms with Crippen LogP contribution in [0.25, 0.3) is 0 Å². The molecule has 0 spiro atoms. The standard InChI is InChI=1S/C6H9OS/c1-6(2)4-3-5-8(6)7/h3H,5H2,1-2H3. The van der Waals surface area contributed by atoms with Crippen LogP contribution in [-0.2, 0) is 11.2 Å². The average molecular weight is 129 g/mol. The van der Waals surface area contributed by atoms with E-state index in [0.29, 0.717) is 5.75 Å². The third-order valence-electron chi connectivity index (χ3n) is 1.25. The van der Waals surface area contributed by atoms with Gasteiger partial charge in [-0.1, -0.05) is 0 Å². The SMILES string of the molecule is CC1(C)[C]=CC[S+]1[O-]. The highest BCUT2D eigenvalue weighted by atomic mass is 32.2. The Labute approximate surface area is 53.0 Å². The van der Waals surface area contributed by atoms with Crippen LogP contribution in [-0.4, -0.2) is 15.1 Å². The fourth-order valence-electron chi connectivity index (χ4n) is 0.637. The minimum atomic E-state index is -0.700. The summed E-state index contributed by atoms with van der Waals surface area (Å²) in [6.07, 6.45) is 4.88. The lowest BCUT2D eigenvalue weighted by Crippen LogP contribution is -2.26. The molecule has 8 heavy (non-hydrogen) atoms. The van der Waals surface area contributed by atoms with Gasteiger partial charge in [0, 0.05) is 6.08 Å². The maximum Gasteiger partial charge on any atom is 0.145 e.